The number of likely N-dealkylation sites (N-methyl/N-ethyl adjacent to an activating group) is 1. The number of aliphatic hydroxyl groups is 1. The topological polar surface area (TPSA) is 81.7 Å². The molecule has 0 aromatic heterocycles. The van der Waals surface area contributed by atoms with Gasteiger partial charge in [-0.05, 0) is 6.42 Å². The highest BCUT2D eigenvalue weighted by atomic mass is 31.2. The van der Waals surface area contributed by atoms with Crippen LogP contribution in [0.15, 0.2) is 12.2 Å². The lowest BCUT2D eigenvalue weighted by atomic mass is 10.1. The molecule has 0 saturated carbocycles. The van der Waals surface area contributed by atoms with E-state index in [1.54, 1.807) is 6.08 Å². The fraction of sp³-hybridized carbons (Fsp3) is 0.875. The monoisotopic (exact) mass is 380 g/mol. The predicted molar refractivity (Wildman–Crippen MR) is 94.7 cm³/mol. The number of epoxide rings is 1. The maximum atomic E-state index is 12.0. The smallest absolute Gasteiger partial charge is 0.387 e. The standard InChI is InChI=1S/C16H32N2O6P/c1-5-6-7-8-9-15(19)14(17-16-13-24(16)17)12-23-25(20,21)22-11-10-18(2,3)4/h8-9,14-16,19H,5-7,10-13H2,1-4H3/q+1/p+1/b9-8-/t14-,15+,16+,17?/m0/s1. The van der Waals surface area contributed by atoms with Crippen LogP contribution in [0.1, 0.15) is 26.2 Å². The minimum atomic E-state index is -4.13. The Kier molecular flexibility index (Phi) is 7.21. The van der Waals surface area contributed by atoms with Crippen LogP contribution in [0.4, 0.5) is 0 Å². The van der Waals surface area contributed by atoms with Crippen molar-refractivity contribution in [3.63, 3.8) is 0 Å². The maximum Gasteiger partial charge on any atom is 0.472 e. The van der Waals surface area contributed by atoms with Gasteiger partial charge in [-0.1, -0.05) is 31.9 Å². The van der Waals surface area contributed by atoms with Crippen LogP contribution in [0.25, 0.3) is 0 Å². The number of aliphatic hydroxyl groups excluding tert-OH is 1. The summed E-state index contributed by atoms with van der Waals surface area (Å²) in [4.78, 5) is 9.83. The molecule has 0 aromatic carbocycles. The van der Waals surface area contributed by atoms with E-state index in [4.69, 9.17) is 9.05 Å². The Labute approximate surface area is 150 Å². The van der Waals surface area contributed by atoms with Crippen LogP contribution in [-0.4, -0.2) is 85.4 Å². The predicted octanol–water partition coefficient (Wildman–Crippen LogP) is 1.42. The number of hydrogen-bond acceptors (Lipinski definition) is 5. The zero-order chi connectivity index (χ0) is 18.7. The lowest BCUT2D eigenvalue weighted by Crippen LogP contribution is -2.40. The molecule has 2 aliphatic rings. The number of unbranched alkanes of at least 4 members (excludes halogenated alkanes) is 2. The van der Waals surface area contributed by atoms with Crippen LogP contribution in [0.5, 0.6) is 0 Å². The number of hydrogen-bond donors (Lipinski definition) is 2. The Bertz CT molecular complexity index is 501. The minimum Gasteiger partial charge on any atom is -0.387 e. The number of phosphoric ester groups is 1. The van der Waals surface area contributed by atoms with Gasteiger partial charge in [0.15, 0.2) is 0 Å². The van der Waals surface area contributed by atoms with Gasteiger partial charge in [-0.25, -0.2) is 4.57 Å². The van der Waals surface area contributed by atoms with Gasteiger partial charge >= 0.3 is 14.1 Å². The van der Waals surface area contributed by atoms with Gasteiger partial charge in [0.25, 0.3) is 6.61 Å². The van der Waals surface area contributed by atoms with Crippen LogP contribution in [0.3, 0.4) is 0 Å². The summed E-state index contributed by atoms with van der Waals surface area (Å²) in [6.45, 7) is 3.68. The van der Waals surface area contributed by atoms with Crippen molar-refractivity contribution in [1.82, 2.24) is 5.06 Å². The quantitative estimate of drug-likeness (QED) is 0.126. The second kappa shape index (κ2) is 8.59. The van der Waals surface area contributed by atoms with E-state index in [1.807, 2.05) is 32.3 Å². The van der Waals surface area contributed by atoms with E-state index in [-0.39, 0.29) is 19.4 Å². The number of nitrogens with zero attached hydrogens (tertiary/aromatic N) is 2. The van der Waals surface area contributed by atoms with E-state index in [0.29, 0.717) is 11.0 Å². The average Bonchev–Trinajstić information content (AvgIpc) is 3.37. The first-order chi connectivity index (χ1) is 11.6. The summed E-state index contributed by atoms with van der Waals surface area (Å²) in [6.07, 6.45) is 6.28. The summed E-state index contributed by atoms with van der Waals surface area (Å²) in [7, 11) is 1.80. The summed E-state index contributed by atoms with van der Waals surface area (Å²) >= 11 is 0. The molecule has 2 unspecified atom stereocenters. The van der Waals surface area contributed by atoms with Crippen molar-refractivity contribution in [2.45, 2.75) is 44.6 Å². The van der Waals surface area contributed by atoms with Gasteiger partial charge in [0.1, 0.15) is 19.2 Å². The summed E-state index contributed by atoms with van der Waals surface area (Å²) < 4.78 is 25.7. The maximum absolute atomic E-state index is 12.0. The summed E-state index contributed by atoms with van der Waals surface area (Å²) in [5.41, 5.74) is 0. The van der Waals surface area contributed by atoms with Gasteiger partial charge in [0.05, 0.1) is 33.9 Å². The minimum absolute atomic E-state index is 0.0720. The lowest BCUT2D eigenvalue weighted by Gasteiger charge is -2.24. The van der Waals surface area contributed by atoms with E-state index >= 15 is 0 Å². The molecule has 2 fully saturated rings. The SMILES string of the molecule is CCCC/C=C\[C@@H](O)[C@H](COP(=O)(O)OCC[N+](C)(C)C)N1[C@H]2C[O+]21. The number of fused-ring (bicyclic) bond motifs is 1. The molecule has 25 heavy (non-hydrogen) atoms. The molecular weight excluding hydrogens is 347 g/mol. The molecule has 2 aliphatic heterocycles. The molecule has 0 amide bonds. The van der Waals surface area contributed by atoms with Crippen molar-refractivity contribution in [3.05, 3.63) is 12.2 Å². The van der Waals surface area contributed by atoms with E-state index in [9.17, 15) is 14.6 Å². The molecular formula is C16H33N2O6P+2. The van der Waals surface area contributed by atoms with Crippen LogP contribution in [-0.2, 0) is 18.1 Å². The lowest BCUT2D eigenvalue weighted by molar-refractivity contribution is -0.870. The van der Waals surface area contributed by atoms with Gasteiger partial charge in [0.2, 0.25) is 0 Å². The molecule has 9 heteroatoms. The van der Waals surface area contributed by atoms with Crippen LogP contribution in [0, 0.1) is 0 Å². The van der Waals surface area contributed by atoms with Crippen LogP contribution < -0.4 is 0 Å². The zero-order valence-electron chi connectivity index (χ0n) is 15.7. The molecule has 2 saturated heterocycles. The average molecular weight is 380 g/mol. The van der Waals surface area contributed by atoms with Crippen molar-refractivity contribution in [3.8, 4) is 0 Å². The molecule has 0 aliphatic carbocycles. The molecule has 5 atom stereocenters. The summed E-state index contributed by atoms with van der Waals surface area (Å²) in [6, 6.07) is -0.399. The van der Waals surface area contributed by atoms with Crippen molar-refractivity contribution in [2.75, 3.05) is 47.5 Å². The molecule has 0 aromatic rings. The second-order valence-corrected chi connectivity index (χ2v) is 9.08. The highest BCUT2D eigenvalue weighted by Crippen LogP contribution is 2.52. The third kappa shape index (κ3) is 7.07. The molecule has 2 heterocycles. The molecule has 8 nitrogen and oxygen atoms in total. The number of quaternary nitrogens is 1. The zero-order valence-corrected chi connectivity index (χ0v) is 16.6. The van der Waals surface area contributed by atoms with Crippen LogP contribution >= 0.6 is 7.82 Å². The third-order valence-electron chi connectivity index (χ3n) is 4.22. The largest absolute Gasteiger partial charge is 0.472 e. The molecule has 2 N–H and O–H groups in total. The first kappa shape index (κ1) is 21.0. The van der Waals surface area contributed by atoms with Gasteiger partial charge in [-0.15, -0.1) is 0 Å². The van der Waals surface area contributed by atoms with Crippen LogP contribution in [0.2, 0.25) is 0 Å². The number of allylic oxidation sites excluding steroid dienone is 1. The Morgan fingerprint density at radius 2 is 2.08 bits per heavy atom. The molecule has 0 bridgehead atoms. The van der Waals surface area contributed by atoms with Gasteiger partial charge < -0.3 is 14.5 Å². The summed E-state index contributed by atoms with van der Waals surface area (Å²) in [5, 5.41) is 12.3. The van der Waals surface area contributed by atoms with E-state index < -0.39 is 20.0 Å². The fourth-order valence-electron chi connectivity index (χ4n) is 2.45. The van der Waals surface area contributed by atoms with Crippen molar-refractivity contribution < 1.29 is 32.6 Å². The van der Waals surface area contributed by atoms with E-state index in [0.717, 1.165) is 25.9 Å². The van der Waals surface area contributed by atoms with Crippen molar-refractivity contribution in [1.29, 1.82) is 0 Å². The third-order valence-corrected chi connectivity index (χ3v) is 5.21. The van der Waals surface area contributed by atoms with Crippen molar-refractivity contribution >= 4 is 7.82 Å². The molecule has 0 spiro atoms. The van der Waals surface area contributed by atoms with Gasteiger partial charge in [0, 0.05) is 5.06 Å². The fourth-order valence-corrected chi connectivity index (χ4v) is 3.18. The molecule has 2 rings (SSSR count). The highest BCUT2D eigenvalue weighted by Gasteiger charge is 2.79. The number of hydroxylamine groups is 2. The second-order valence-electron chi connectivity index (χ2n) is 7.62. The highest BCUT2D eigenvalue weighted by molar-refractivity contribution is 7.47. The van der Waals surface area contributed by atoms with Gasteiger partial charge in [-0.2, -0.15) is 0 Å². The van der Waals surface area contributed by atoms with Crippen molar-refractivity contribution in [2.24, 2.45) is 0 Å². The Morgan fingerprint density at radius 3 is 2.60 bits per heavy atom. The summed E-state index contributed by atoms with van der Waals surface area (Å²) in [5.74, 6) is 0. The van der Waals surface area contributed by atoms with E-state index in [1.165, 1.54) is 0 Å². The molecule has 146 valence electrons. The number of phosphoric acid groups is 1. The molecule has 0 radical (unpaired) electrons. The Balaban J connectivity index is 1.79. The Hall–Kier alpha value is -0.310. The van der Waals surface area contributed by atoms with Gasteiger partial charge in [-0.3, -0.25) is 13.5 Å². The van der Waals surface area contributed by atoms with E-state index in [2.05, 4.69) is 11.4 Å². The first-order valence-corrected chi connectivity index (χ1v) is 10.4. The normalized spacial score (nSPS) is 27.8. The first-order valence-electron chi connectivity index (χ1n) is 8.90. The Morgan fingerprint density at radius 1 is 1.40 bits per heavy atom. The number of rotatable bonds is 13.